The van der Waals surface area contributed by atoms with Gasteiger partial charge in [0.25, 0.3) is 0 Å². The van der Waals surface area contributed by atoms with Crippen molar-refractivity contribution < 1.29 is 9.53 Å². The first kappa shape index (κ1) is 12.5. The van der Waals surface area contributed by atoms with Crippen LogP contribution in [0.2, 0.25) is 0 Å². The van der Waals surface area contributed by atoms with Gasteiger partial charge in [0.2, 0.25) is 0 Å². The first-order chi connectivity index (χ1) is 8.99. The monoisotopic (exact) mass is 260 g/mol. The normalized spacial score (nSPS) is 22.1. The second-order valence-corrected chi connectivity index (χ2v) is 5.92. The van der Waals surface area contributed by atoms with Crippen molar-refractivity contribution in [1.82, 2.24) is 4.90 Å². The number of nitrogens with zero attached hydrogens (tertiary/aromatic N) is 1. The summed E-state index contributed by atoms with van der Waals surface area (Å²) in [6.45, 7) is 3.88. The minimum atomic E-state index is -0.333. The summed E-state index contributed by atoms with van der Waals surface area (Å²) < 4.78 is 6.19. The first-order valence-corrected chi connectivity index (χ1v) is 6.80. The lowest BCUT2D eigenvalue weighted by molar-refractivity contribution is -0.00312. The van der Waals surface area contributed by atoms with E-state index in [1.165, 1.54) is 0 Å². The third-order valence-corrected chi connectivity index (χ3v) is 4.26. The van der Waals surface area contributed by atoms with Crippen LogP contribution in [0, 0.1) is 6.92 Å². The Kier molecular flexibility index (Phi) is 2.78. The molecule has 102 valence electrons. The smallest absolute Gasteiger partial charge is 0.170 e. The molecular formula is C15H20N2O2. The molecule has 2 N–H and O–H groups in total. The van der Waals surface area contributed by atoms with E-state index in [0.29, 0.717) is 23.4 Å². The fourth-order valence-electron chi connectivity index (χ4n) is 3.07. The van der Waals surface area contributed by atoms with Crippen molar-refractivity contribution >= 4 is 11.5 Å². The highest BCUT2D eigenvalue weighted by molar-refractivity contribution is 6.02. The number of nitrogen functional groups attached to an aromatic ring is 1. The number of anilines is 1. The van der Waals surface area contributed by atoms with Crippen molar-refractivity contribution in [3.8, 4) is 5.75 Å². The van der Waals surface area contributed by atoms with Crippen LogP contribution >= 0.6 is 0 Å². The van der Waals surface area contributed by atoms with Crippen molar-refractivity contribution in [2.75, 3.05) is 25.9 Å². The van der Waals surface area contributed by atoms with Gasteiger partial charge in [-0.3, -0.25) is 4.79 Å². The van der Waals surface area contributed by atoms with Crippen LogP contribution in [0.1, 0.15) is 35.2 Å². The van der Waals surface area contributed by atoms with E-state index in [4.69, 9.17) is 10.5 Å². The maximum atomic E-state index is 12.4. The number of aryl methyl sites for hydroxylation is 1. The van der Waals surface area contributed by atoms with Crippen molar-refractivity contribution in [3.05, 3.63) is 23.3 Å². The summed E-state index contributed by atoms with van der Waals surface area (Å²) in [6, 6.07) is 3.76. The van der Waals surface area contributed by atoms with Crippen LogP contribution in [-0.2, 0) is 0 Å². The van der Waals surface area contributed by atoms with E-state index < -0.39 is 0 Å². The SMILES string of the molecule is Cc1cc(N)c2c(c1)C(=O)CC1(CCN(C)CC1)O2. The molecule has 2 heterocycles. The molecule has 0 aromatic heterocycles. The number of rotatable bonds is 0. The number of benzene rings is 1. The maximum Gasteiger partial charge on any atom is 0.170 e. The van der Waals surface area contributed by atoms with Gasteiger partial charge in [-0.1, -0.05) is 0 Å². The van der Waals surface area contributed by atoms with Gasteiger partial charge in [0, 0.05) is 25.9 Å². The van der Waals surface area contributed by atoms with E-state index in [0.717, 1.165) is 31.5 Å². The molecule has 0 atom stereocenters. The zero-order chi connectivity index (χ0) is 13.6. The quantitative estimate of drug-likeness (QED) is 0.725. The lowest BCUT2D eigenvalue weighted by Gasteiger charge is -2.43. The predicted octanol–water partition coefficient (Wildman–Crippen LogP) is 2.01. The third-order valence-electron chi connectivity index (χ3n) is 4.26. The summed E-state index contributed by atoms with van der Waals surface area (Å²) >= 11 is 0. The van der Waals surface area contributed by atoms with Crippen LogP contribution in [0.4, 0.5) is 5.69 Å². The summed E-state index contributed by atoms with van der Waals surface area (Å²) in [5, 5.41) is 0. The molecule has 1 saturated heterocycles. The molecule has 0 radical (unpaired) electrons. The van der Waals surface area contributed by atoms with Crippen LogP contribution in [0.25, 0.3) is 0 Å². The Bertz CT molecular complexity index is 531. The van der Waals surface area contributed by atoms with Gasteiger partial charge in [-0.25, -0.2) is 0 Å². The zero-order valence-corrected chi connectivity index (χ0v) is 11.5. The summed E-state index contributed by atoms with van der Waals surface area (Å²) in [4.78, 5) is 14.7. The molecule has 19 heavy (non-hydrogen) atoms. The molecule has 2 aliphatic heterocycles. The number of likely N-dealkylation sites (tertiary alicyclic amines) is 1. The molecule has 0 unspecified atom stereocenters. The minimum Gasteiger partial charge on any atom is -0.484 e. The van der Waals surface area contributed by atoms with Gasteiger partial charge in [-0.15, -0.1) is 0 Å². The molecule has 4 heteroatoms. The van der Waals surface area contributed by atoms with Crippen LogP contribution in [0.5, 0.6) is 5.75 Å². The number of nitrogens with two attached hydrogens (primary N) is 1. The number of carbonyl (C=O) groups excluding carboxylic acids is 1. The van der Waals surface area contributed by atoms with E-state index in [9.17, 15) is 4.79 Å². The molecule has 3 rings (SSSR count). The highest BCUT2D eigenvalue weighted by Gasteiger charge is 2.43. The molecule has 2 aliphatic rings. The van der Waals surface area contributed by atoms with E-state index in [-0.39, 0.29) is 11.4 Å². The van der Waals surface area contributed by atoms with Crippen LogP contribution < -0.4 is 10.5 Å². The molecule has 4 nitrogen and oxygen atoms in total. The average Bonchev–Trinajstić information content (AvgIpc) is 2.35. The van der Waals surface area contributed by atoms with Gasteiger partial charge in [-0.05, 0) is 31.7 Å². The lowest BCUT2D eigenvalue weighted by atomic mass is 9.82. The second kappa shape index (κ2) is 4.23. The molecule has 0 aliphatic carbocycles. The van der Waals surface area contributed by atoms with Gasteiger partial charge < -0.3 is 15.4 Å². The van der Waals surface area contributed by atoms with Gasteiger partial charge in [0.15, 0.2) is 11.5 Å². The highest BCUT2D eigenvalue weighted by atomic mass is 16.5. The van der Waals surface area contributed by atoms with Crippen LogP contribution in [0.15, 0.2) is 12.1 Å². The zero-order valence-electron chi connectivity index (χ0n) is 11.5. The first-order valence-electron chi connectivity index (χ1n) is 6.80. The van der Waals surface area contributed by atoms with Crippen LogP contribution in [0.3, 0.4) is 0 Å². The Labute approximate surface area is 113 Å². The number of carbonyl (C=O) groups is 1. The van der Waals surface area contributed by atoms with Gasteiger partial charge in [0.1, 0.15) is 5.60 Å². The Morgan fingerprint density at radius 1 is 1.32 bits per heavy atom. The van der Waals surface area contributed by atoms with Crippen molar-refractivity contribution in [2.45, 2.75) is 31.8 Å². The fourth-order valence-corrected chi connectivity index (χ4v) is 3.07. The number of Topliss-reactive ketones (excluding diaryl/α,β-unsaturated/α-hetero) is 1. The predicted molar refractivity (Wildman–Crippen MR) is 74.6 cm³/mol. The Balaban J connectivity index is 1.98. The Morgan fingerprint density at radius 3 is 2.68 bits per heavy atom. The molecule has 1 aromatic rings. The average molecular weight is 260 g/mol. The van der Waals surface area contributed by atoms with Crippen LogP contribution in [-0.4, -0.2) is 36.4 Å². The summed E-state index contributed by atoms with van der Waals surface area (Å²) in [7, 11) is 2.10. The summed E-state index contributed by atoms with van der Waals surface area (Å²) in [6.07, 6.45) is 2.26. The van der Waals surface area contributed by atoms with Crippen molar-refractivity contribution in [1.29, 1.82) is 0 Å². The van der Waals surface area contributed by atoms with Gasteiger partial charge >= 0.3 is 0 Å². The molecule has 1 fully saturated rings. The number of ether oxygens (including phenoxy) is 1. The van der Waals surface area contributed by atoms with Crippen molar-refractivity contribution in [2.24, 2.45) is 0 Å². The molecule has 0 saturated carbocycles. The molecular weight excluding hydrogens is 240 g/mol. The number of fused-ring (bicyclic) bond motifs is 1. The fraction of sp³-hybridized carbons (Fsp3) is 0.533. The lowest BCUT2D eigenvalue weighted by Crippen LogP contribution is -2.50. The van der Waals surface area contributed by atoms with E-state index >= 15 is 0 Å². The topological polar surface area (TPSA) is 55.6 Å². The molecule has 1 aromatic carbocycles. The Morgan fingerprint density at radius 2 is 2.00 bits per heavy atom. The Hall–Kier alpha value is -1.55. The number of piperidine rings is 1. The maximum absolute atomic E-state index is 12.4. The number of hydrogen-bond acceptors (Lipinski definition) is 4. The van der Waals surface area contributed by atoms with E-state index in [1.807, 2.05) is 19.1 Å². The molecule has 0 bridgehead atoms. The molecule has 0 amide bonds. The summed E-state index contributed by atoms with van der Waals surface area (Å²) in [5.41, 5.74) is 7.95. The minimum absolute atomic E-state index is 0.168. The van der Waals surface area contributed by atoms with Gasteiger partial charge in [-0.2, -0.15) is 0 Å². The number of ketones is 1. The second-order valence-electron chi connectivity index (χ2n) is 5.92. The van der Waals surface area contributed by atoms with Crippen molar-refractivity contribution in [3.63, 3.8) is 0 Å². The van der Waals surface area contributed by atoms with E-state index in [2.05, 4.69) is 11.9 Å². The van der Waals surface area contributed by atoms with Gasteiger partial charge in [0.05, 0.1) is 17.7 Å². The summed E-state index contributed by atoms with van der Waals surface area (Å²) in [5.74, 6) is 0.771. The molecule has 1 spiro atoms. The third kappa shape index (κ3) is 2.10. The standard InChI is InChI=1S/C15H20N2O2/c1-10-7-11-13(18)9-15(3-5-17(2)6-4-15)19-14(11)12(16)8-10/h7-8H,3-6,9,16H2,1-2H3. The highest BCUT2D eigenvalue weighted by Crippen LogP contribution is 2.42. The number of hydrogen-bond donors (Lipinski definition) is 1. The largest absolute Gasteiger partial charge is 0.484 e. The van der Waals surface area contributed by atoms with E-state index in [1.54, 1.807) is 0 Å².